The van der Waals surface area contributed by atoms with E-state index in [1.165, 1.54) is 12.1 Å². The van der Waals surface area contributed by atoms with Crippen LogP contribution in [-0.2, 0) is 14.3 Å². The summed E-state index contributed by atoms with van der Waals surface area (Å²) in [6.45, 7) is 2.80. The molecule has 1 amide bonds. The van der Waals surface area contributed by atoms with Crippen LogP contribution >= 0.6 is 0 Å². The third kappa shape index (κ3) is 3.79. The van der Waals surface area contributed by atoms with Crippen molar-refractivity contribution in [2.75, 3.05) is 6.61 Å². The van der Waals surface area contributed by atoms with Crippen molar-refractivity contribution < 1.29 is 24.2 Å². The van der Waals surface area contributed by atoms with E-state index >= 15 is 0 Å². The van der Waals surface area contributed by atoms with E-state index < -0.39 is 29.4 Å². The quantitative estimate of drug-likeness (QED) is 0.643. The number of nitrogens with two attached hydrogens (primary N) is 1. The van der Waals surface area contributed by atoms with E-state index in [4.69, 9.17) is 10.5 Å². The Balaban J connectivity index is 2.98. The lowest BCUT2D eigenvalue weighted by Crippen LogP contribution is -2.65. The van der Waals surface area contributed by atoms with Crippen molar-refractivity contribution in [3.8, 4) is 0 Å². The van der Waals surface area contributed by atoms with Crippen molar-refractivity contribution in [1.29, 1.82) is 0 Å². The lowest BCUT2D eigenvalue weighted by Gasteiger charge is -2.30. The van der Waals surface area contributed by atoms with E-state index in [9.17, 15) is 19.5 Å². The highest BCUT2D eigenvalue weighted by atomic mass is 16.5. The molecule has 0 aliphatic carbocycles. The average Bonchev–Trinajstić information content (AvgIpc) is 2.47. The van der Waals surface area contributed by atoms with Crippen molar-refractivity contribution >= 4 is 17.8 Å². The lowest BCUT2D eigenvalue weighted by molar-refractivity contribution is -0.155. The van der Waals surface area contributed by atoms with Gasteiger partial charge in [-0.15, -0.1) is 0 Å². The van der Waals surface area contributed by atoms with Gasteiger partial charge in [0.2, 0.25) is 0 Å². The number of carbonyl (C=O) groups excluding carboxylic acids is 2. The molecule has 0 aromatic heterocycles. The number of amides is 1. The molecular weight excluding hydrogens is 276 g/mol. The molecule has 4 N–H and O–H groups in total. The first-order valence-corrected chi connectivity index (χ1v) is 6.36. The molecule has 0 radical (unpaired) electrons. The first kappa shape index (κ1) is 16.6. The molecule has 114 valence electrons. The molecule has 7 nitrogen and oxygen atoms in total. The highest BCUT2D eigenvalue weighted by Gasteiger charge is 2.45. The van der Waals surface area contributed by atoms with Gasteiger partial charge in [0.05, 0.1) is 6.61 Å². The average molecular weight is 294 g/mol. The molecule has 0 heterocycles. The highest BCUT2D eigenvalue weighted by Crippen LogP contribution is 2.12. The van der Waals surface area contributed by atoms with Gasteiger partial charge in [-0.05, 0) is 26.0 Å². The number of ether oxygens (including phenoxy) is 1. The number of carboxylic acid groups (broad SMARTS) is 1. The van der Waals surface area contributed by atoms with Gasteiger partial charge in [-0.25, -0.2) is 4.79 Å². The lowest BCUT2D eigenvalue weighted by atomic mass is 9.92. The fourth-order valence-electron chi connectivity index (χ4n) is 1.63. The first-order valence-electron chi connectivity index (χ1n) is 6.36. The molecule has 2 atom stereocenters. The van der Waals surface area contributed by atoms with Crippen LogP contribution in [0.25, 0.3) is 0 Å². The minimum absolute atomic E-state index is 0.0643. The molecule has 0 spiro atoms. The highest BCUT2D eigenvalue weighted by molar-refractivity contribution is 6.00. The van der Waals surface area contributed by atoms with Crippen LogP contribution in [0, 0.1) is 0 Å². The van der Waals surface area contributed by atoms with Crippen LogP contribution in [0.2, 0.25) is 0 Å². The topological polar surface area (TPSA) is 119 Å². The zero-order valence-electron chi connectivity index (χ0n) is 11.8. The summed E-state index contributed by atoms with van der Waals surface area (Å²) >= 11 is 0. The van der Waals surface area contributed by atoms with Crippen molar-refractivity contribution in [2.45, 2.75) is 25.4 Å². The summed E-state index contributed by atoms with van der Waals surface area (Å²) < 4.78 is 4.71. The van der Waals surface area contributed by atoms with Crippen LogP contribution in [0.4, 0.5) is 0 Å². The van der Waals surface area contributed by atoms with Crippen molar-refractivity contribution in [3.05, 3.63) is 35.9 Å². The van der Waals surface area contributed by atoms with Gasteiger partial charge in [-0.1, -0.05) is 18.2 Å². The summed E-state index contributed by atoms with van der Waals surface area (Å²) in [5.74, 6) is -2.96. The van der Waals surface area contributed by atoms with Gasteiger partial charge in [0.15, 0.2) is 5.54 Å². The summed E-state index contributed by atoms with van der Waals surface area (Å²) in [4.78, 5) is 35.2. The summed E-state index contributed by atoms with van der Waals surface area (Å²) in [5, 5.41) is 11.6. The Morgan fingerprint density at radius 3 is 2.38 bits per heavy atom. The Hall–Kier alpha value is -2.41. The van der Waals surface area contributed by atoms with Crippen LogP contribution < -0.4 is 11.1 Å². The SMILES string of the molecule is CCOC(=O)[C@@H](N)C(C)(NC(=O)c1ccccc1)C(=O)O. The standard InChI is InChI=1S/C14H18N2O5/c1-3-21-12(18)10(15)14(2,13(19)20)16-11(17)9-7-5-4-6-8-9/h4-8,10H,3,15H2,1-2H3,(H,16,17)(H,19,20)/t10-,14?/m1/s1. The van der Waals surface area contributed by atoms with Gasteiger partial charge in [0, 0.05) is 5.56 Å². The second-order valence-electron chi connectivity index (χ2n) is 4.56. The maximum Gasteiger partial charge on any atom is 0.331 e. The Kier molecular flexibility index (Phi) is 5.43. The molecule has 0 bridgehead atoms. The Bertz CT molecular complexity index is 531. The van der Waals surface area contributed by atoms with Crippen LogP contribution in [0.1, 0.15) is 24.2 Å². The number of benzene rings is 1. The Morgan fingerprint density at radius 2 is 1.90 bits per heavy atom. The van der Waals surface area contributed by atoms with Crippen molar-refractivity contribution in [2.24, 2.45) is 5.73 Å². The molecule has 0 saturated heterocycles. The maximum absolute atomic E-state index is 12.1. The monoisotopic (exact) mass is 294 g/mol. The van der Waals surface area contributed by atoms with E-state index in [0.29, 0.717) is 0 Å². The number of aliphatic carboxylic acids is 1. The van der Waals surface area contributed by atoms with Crippen LogP contribution in [0.15, 0.2) is 30.3 Å². The van der Waals surface area contributed by atoms with Gasteiger partial charge in [-0.3, -0.25) is 9.59 Å². The van der Waals surface area contributed by atoms with E-state index in [-0.39, 0.29) is 12.2 Å². The fourth-order valence-corrected chi connectivity index (χ4v) is 1.63. The van der Waals surface area contributed by atoms with E-state index in [0.717, 1.165) is 6.92 Å². The van der Waals surface area contributed by atoms with Gasteiger partial charge >= 0.3 is 11.9 Å². The summed E-state index contributed by atoms with van der Waals surface area (Å²) in [6.07, 6.45) is 0. The Labute approximate surface area is 122 Å². The second kappa shape index (κ2) is 6.85. The minimum atomic E-state index is -1.97. The molecule has 0 aliphatic rings. The van der Waals surface area contributed by atoms with Gasteiger partial charge in [0.25, 0.3) is 5.91 Å². The van der Waals surface area contributed by atoms with E-state index in [2.05, 4.69) is 5.32 Å². The smallest absolute Gasteiger partial charge is 0.331 e. The molecule has 0 saturated carbocycles. The molecule has 1 rings (SSSR count). The first-order chi connectivity index (χ1) is 9.82. The number of carboxylic acids is 1. The summed E-state index contributed by atoms with van der Waals surface area (Å²) in [6, 6.07) is 6.51. The molecule has 1 aromatic carbocycles. The van der Waals surface area contributed by atoms with Gasteiger partial charge in [-0.2, -0.15) is 0 Å². The maximum atomic E-state index is 12.1. The summed E-state index contributed by atoms with van der Waals surface area (Å²) in [5.41, 5.74) is 3.93. The number of rotatable bonds is 6. The third-order valence-corrected chi connectivity index (χ3v) is 3.02. The molecule has 21 heavy (non-hydrogen) atoms. The van der Waals surface area contributed by atoms with E-state index in [1.54, 1.807) is 25.1 Å². The molecule has 0 fully saturated rings. The number of nitrogens with one attached hydrogen (secondary N) is 1. The number of esters is 1. The molecule has 7 heteroatoms. The predicted octanol–water partition coefficient (Wildman–Crippen LogP) is 0.150. The van der Waals surface area contributed by atoms with Crippen LogP contribution in [-0.4, -0.2) is 41.1 Å². The zero-order chi connectivity index (χ0) is 16.0. The molecule has 1 unspecified atom stereocenters. The predicted molar refractivity (Wildman–Crippen MR) is 74.6 cm³/mol. The van der Waals surface area contributed by atoms with Crippen LogP contribution in [0.5, 0.6) is 0 Å². The minimum Gasteiger partial charge on any atom is -0.479 e. The fraction of sp³-hybridized carbons (Fsp3) is 0.357. The largest absolute Gasteiger partial charge is 0.479 e. The second-order valence-corrected chi connectivity index (χ2v) is 4.56. The number of carbonyl (C=O) groups is 3. The number of hydrogen-bond donors (Lipinski definition) is 3. The van der Waals surface area contributed by atoms with Crippen LogP contribution in [0.3, 0.4) is 0 Å². The third-order valence-electron chi connectivity index (χ3n) is 3.02. The van der Waals surface area contributed by atoms with Gasteiger partial charge < -0.3 is 20.9 Å². The zero-order valence-corrected chi connectivity index (χ0v) is 11.8. The normalized spacial score (nSPS) is 14.6. The molecule has 0 aliphatic heterocycles. The van der Waals surface area contributed by atoms with Crippen molar-refractivity contribution in [3.63, 3.8) is 0 Å². The van der Waals surface area contributed by atoms with Crippen molar-refractivity contribution in [1.82, 2.24) is 5.32 Å². The number of hydrogen-bond acceptors (Lipinski definition) is 5. The molecule has 1 aromatic rings. The Morgan fingerprint density at radius 1 is 1.33 bits per heavy atom. The van der Waals surface area contributed by atoms with Gasteiger partial charge in [0.1, 0.15) is 6.04 Å². The molecular formula is C14H18N2O5. The van der Waals surface area contributed by atoms with E-state index in [1.807, 2.05) is 0 Å². The summed E-state index contributed by atoms with van der Waals surface area (Å²) in [7, 11) is 0.